The van der Waals surface area contributed by atoms with Gasteiger partial charge in [-0.15, -0.1) is 0 Å². The van der Waals surface area contributed by atoms with Gasteiger partial charge in [0.15, 0.2) is 0 Å². The summed E-state index contributed by atoms with van der Waals surface area (Å²) < 4.78 is 4.30. The lowest BCUT2D eigenvalue weighted by atomic mass is 10.2. The molecule has 0 bridgehead atoms. The zero-order valence-electron chi connectivity index (χ0n) is 14.8. The third-order valence-electron chi connectivity index (χ3n) is 3.96. The molecule has 0 aliphatic heterocycles. The molecule has 0 aliphatic carbocycles. The van der Waals surface area contributed by atoms with Crippen LogP contribution in [0.1, 0.15) is 16.1 Å². The van der Waals surface area contributed by atoms with Crippen molar-refractivity contribution in [2.45, 2.75) is 6.92 Å². The molecule has 10 heteroatoms. The first-order valence-corrected chi connectivity index (χ1v) is 10.1. The van der Waals surface area contributed by atoms with Gasteiger partial charge in [0.05, 0.1) is 25.9 Å². The number of anilines is 1. The van der Waals surface area contributed by atoms with Gasteiger partial charge < -0.3 is 15.9 Å². The van der Waals surface area contributed by atoms with Crippen molar-refractivity contribution in [1.29, 1.82) is 0 Å². The van der Waals surface area contributed by atoms with E-state index in [0.717, 1.165) is 11.4 Å². The normalized spacial score (nSPS) is 10.3. The van der Waals surface area contributed by atoms with E-state index in [1.807, 2.05) is 44.3 Å². The Labute approximate surface area is 185 Å². The van der Waals surface area contributed by atoms with Crippen LogP contribution in [0, 0.1) is 6.92 Å². The topological polar surface area (TPSA) is 110 Å². The first kappa shape index (κ1) is 22.3. The van der Waals surface area contributed by atoms with Gasteiger partial charge in [0, 0.05) is 11.5 Å². The fraction of sp³-hybridized carbons (Fsp3) is 0.111. The smallest absolute Gasteiger partial charge is 0.338 e. The number of halogens is 3. The monoisotopic (exact) mass is 575 g/mol. The number of nitrogen functional groups attached to an aromatic ring is 1. The van der Waals surface area contributed by atoms with Crippen LogP contribution in [-0.2, 0) is 7.05 Å². The van der Waals surface area contributed by atoms with E-state index < -0.39 is 5.97 Å². The van der Waals surface area contributed by atoms with E-state index in [1.54, 1.807) is 9.36 Å². The highest BCUT2D eigenvalue weighted by Crippen LogP contribution is 2.39. The number of nitrogens with two attached hydrogens (primary N) is 1. The summed E-state index contributed by atoms with van der Waals surface area (Å²) in [5, 5.41) is 18.2. The molecule has 0 amide bonds. The largest absolute Gasteiger partial charge is 0.506 e. The van der Waals surface area contributed by atoms with E-state index in [0.29, 0.717) is 14.6 Å². The Morgan fingerprint density at radius 3 is 2.14 bits per heavy atom. The van der Waals surface area contributed by atoms with Crippen molar-refractivity contribution in [3.8, 4) is 11.4 Å². The fourth-order valence-corrected chi connectivity index (χ4v) is 4.82. The Morgan fingerprint density at radius 2 is 1.68 bits per heavy atom. The number of phenols is 1. The van der Waals surface area contributed by atoms with Gasteiger partial charge in [0.1, 0.15) is 11.4 Å². The number of hydrogen-bond acceptors (Lipinski definition) is 4. The third kappa shape index (κ3) is 4.34. The second-order valence-corrected chi connectivity index (χ2v) is 8.16. The highest BCUT2D eigenvalue weighted by atomic mass is 79.9. The van der Waals surface area contributed by atoms with Gasteiger partial charge in [0.2, 0.25) is 0 Å². The maximum absolute atomic E-state index is 11.8. The zero-order valence-corrected chi connectivity index (χ0v) is 19.5. The van der Waals surface area contributed by atoms with Crippen LogP contribution < -0.4 is 11.3 Å². The van der Waals surface area contributed by atoms with Gasteiger partial charge in [-0.05, 0) is 72.9 Å². The van der Waals surface area contributed by atoms with Crippen molar-refractivity contribution < 1.29 is 15.0 Å². The maximum atomic E-state index is 11.8. The van der Waals surface area contributed by atoms with Crippen LogP contribution in [0.5, 0.6) is 5.75 Å². The average molecular weight is 578 g/mol. The summed E-state index contributed by atoms with van der Waals surface area (Å²) >= 11 is 9.15. The number of hydrogen-bond donors (Lipinski definition) is 3. The van der Waals surface area contributed by atoms with Crippen LogP contribution in [0.2, 0.25) is 0 Å². The minimum absolute atomic E-state index is 0.000648. The van der Waals surface area contributed by atoms with E-state index in [9.17, 15) is 14.7 Å². The molecular weight excluding hydrogens is 562 g/mol. The number of rotatable bonds is 2. The average Bonchev–Trinajstić information content (AvgIpc) is 2.84. The number of aromatic carboxylic acids is 1. The highest BCUT2D eigenvalue weighted by Gasteiger charge is 2.18. The van der Waals surface area contributed by atoms with E-state index in [1.165, 1.54) is 6.07 Å². The summed E-state index contributed by atoms with van der Waals surface area (Å²) in [5.41, 5.74) is 7.43. The summed E-state index contributed by atoms with van der Waals surface area (Å²) in [6.45, 7) is 1.83. The molecular formula is C18H16Br3N3O4. The number of phenolic OH excluding ortho intramolecular Hbond substituents is 1. The molecule has 2 aromatic carbocycles. The Hall–Kier alpha value is -2.04. The zero-order chi connectivity index (χ0) is 21.2. The second kappa shape index (κ2) is 8.97. The van der Waals surface area contributed by atoms with Crippen molar-refractivity contribution in [3.05, 3.63) is 71.4 Å². The van der Waals surface area contributed by atoms with Crippen molar-refractivity contribution in [2.75, 3.05) is 5.73 Å². The lowest BCUT2D eigenvalue weighted by molar-refractivity contribution is 0.0694. The first-order chi connectivity index (χ1) is 13.1. The Balaban J connectivity index is 0.000000203. The number of carbonyl (C=O) groups is 1. The van der Waals surface area contributed by atoms with Crippen LogP contribution in [0.15, 0.2) is 54.6 Å². The first-order valence-electron chi connectivity index (χ1n) is 7.77. The molecule has 148 valence electrons. The summed E-state index contributed by atoms with van der Waals surface area (Å²) in [6, 6.07) is 10.9. The van der Waals surface area contributed by atoms with Crippen LogP contribution in [-0.4, -0.2) is 25.5 Å². The molecule has 0 saturated carbocycles. The predicted octanol–water partition coefficient (Wildman–Crippen LogP) is 4.44. The van der Waals surface area contributed by atoms with Gasteiger partial charge in [-0.25, -0.2) is 9.48 Å². The lowest BCUT2D eigenvalue weighted by Crippen LogP contribution is -2.20. The van der Waals surface area contributed by atoms with E-state index in [-0.39, 0.29) is 21.3 Å². The van der Waals surface area contributed by atoms with E-state index >= 15 is 0 Å². The van der Waals surface area contributed by atoms with Gasteiger partial charge in [-0.3, -0.25) is 9.48 Å². The number of carboxylic acid groups (broad SMARTS) is 1. The van der Waals surface area contributed by atoms with E-state index in [4.69, 9.17) is 10.8 Å². The quantitative estimate of drug-likeness (QED) is 0.417. The minimum atomic E-state index is -1.11. The Kier molecular flexibility index (Phi) is 7.13. The SMILES string of the molecule is Cc1c(N)c(=O)n(-c2ccccc2)n1C.O=C(O)c1c(Br)cc(Br)c(O)c1Br. The molecule has 1 heterocycles. The number of para-hydroxylation sites is 1. The van der Waals surface area contributed by atoms with Crippen molar-refractivity contribution in [1.82, 2.24) is 9.36 Å². The molecule has 4 N–H and O–H groups in total. The van der Waals surface area contributed by atoms with Gasteiger partial charge in [0.25, 0.3) is 5.56 Å². The van der Waals surface area contributed by atoms with Gasteiger partial charge >= 0.3 is 5.97 Å². The summed E-state index contributed by atoms with van der Waals surface area (Å²) in [4.78, 5) is 22.5. The number of nitrogens with zero attached hydrogens (tertiary/aromatic N) is 2. The Morgan fingerprint density at radius 1 is 1.11 bits per heavy atom. The molecule has 0 fully saturated rings. The number of aromatic hydroxyl groups is 1. The van der Waals surface area contributed by atoms with E-state index in [2.05, 4.69) is 47.8 Å². The molecule has 0 unspecified atom stereocenters. The summed E-state index contributed by atoms with van der Waals surface area (Å²) in [7, 11) is 1.82. The maximum Gasteiger partial charge on any atom is 0.338 e. The second-order valence-electron chi connectivity index (χ2n) is 5.66. The predicted molar refractivity (Wildman–Crippen MR) is 118 cm³/mol. The number of benzene rings is 2. The molecule has 0 saturated heterocycles. The lowest BCUT2D eigenvalue weighted by Gasteiger charge is -2.07. The molecule has 3 aromatic rings. The Bertz CT molecular complexity index is 1090. The van der Waals surface area contributed by atoms with Crippen molar-refractivity contribution in [3.63, 3.8) is 0 Å². The van der Waals surface area contributed by atoms with Crippen LogP contribution >= 0.6 is 47.8 Å². The van der Waals surface area contributed by atoms with Crippen molar-refractivity contribution >= 4 is 59.4 Å². The van der Waals surface area contributed by atoms with Crippen LogP contribution in [0.3, 0.4) is 0 Å². The molecule has 3 rings (SSSR count). The molecule has 0 aliphatic rings. The molecule has 0 atom stereocenters. The van der Waals surface area contributed by atoms with Crippen molar-refractivity contribution in [2.24, 2.45) is 7.05 Å². The number of aromatic nitrogens is 2. The van der Waals surface area contributed by atoms with Gasteiger partial charge in [-0.1, -0.05) is 18.2 Å². The highest BCUT2D eigenvalue weighted by molar-refractivity contribution is 9.11. The molecule has 0 spiro atoms. The fourth-order valence-electron chi connectivity index (χ4n) is 2.36. The minimum Gasteiger partial charge on any atom is -0.506 e. The number of carboxylic acids is 1. The van der Waals surface area contributed by atoms with Gasteiger partial charge in [-0.2, -0.15) is 0 Å². The van der Waals surface area contributed by atoms with Crippen LogP contribution in [0.25, 0.3) is 5.69 Å². The van der Waals surface area contributed by atoms with Crippen LogP contribution in [0.4, 0.5) is 5.69 Å². The third-order valence-corrected chi connectivity index (χ3v) is 5.96. The molecule has 7 nitrogen and oxygen atoms in total. The molecule has 28 heavy (non-hydrogen) atoms. The standard InChI is InChI=1S/C11H13N3O.C7H3Br3O3/c1-8-10(12)11(15)14(13(8)2)9-6-4-3-5-7-9;8-2-1-3(9)6(11)5(10)4(2)7(12)13/h3-7H,12H2,1-2H3;1,11H,(H,12,13). The summed E-state index contributed by atoms with van der Waals surface area (Å²) in [5.74, 6) is -1.23. The molecule has 0 radical (unpaired) electrons. The summed E-state index contributed by atoms with van der Waals surface area (Å²) in [6.07, 6.45) is 0. The molecule has 1 aromatic heterocycles.